The van der Waals surface area contributed by atoms with E-state index in [1.807, 2.05) is 18.7 Å². The average molecular weight is 416 g/mol. The summed E-state index contributed by atoms with van der Waals surface area (Å²) in [6.45, 7) is 5.92. The number of anilines is 1. The van der Waals surface area contributed by atoms with Crippen molar-refractivity contribution in [1.82, 2.24) is 19.8 Å². The van der Waals surface area contributed by atoms with E-state index in [1.54, 1.807) is 0 Å². The number of unbranched alkanes of at least 4 members (excludes halogenated alkanes) is 4. The van der Waals surface area contributed by atoms with Crippen LogP contribution in [0.4, 0.5) is 5.69 Å². The van der Waals surface area contributed by atoms with Crippen molar-refractivity contribution in [2.45, 2.75) is 58.5 Å². The highest BCUT2D eigenvalue weighted by molar-refractivity contribution is 7.80. The fraction of sp³-hybridized carbons (Fsp3) is 0.565. The molecule has 160 valence electrons. The zero-order valence-electron chi connectivity index (χ0n) is 18.3. The van der Waals surface area contributed by atoms with Gasteiger partial charge in [0.15, 0.2) is 5.11 Å². The number of benzene rings is 1. The predicted molar refractivity (Wildman–Crippen MR) is 127 cm³/mol. The first-order valence-electron chi connectivity index (χ1n) is 10.8. The van der Waals surface area contributed by atoms with Gasteiger partial charge < -0.3 is 19.7 Å². The molecule has 0 saturated heterocycles. The maximum absolute atomic E-state index is 5.74. The first kappa shape index (κ1) is 23.2. The summed E-state index contributed by atoms with van der Waals surface area (Å²) >= 11 is 5.74. The number of hydrogen-bond acceptors (Lipinski definition) is 3. The summed E-state index contributed by atoms with van der Waals surface area (Å²) in [5.74, 6) is 0. The Hall–Kier alpha value is -2.08. The van der Waals surface area contributed by atoms with Gasteiger partial charge in [0.05, 0.1) is 6.33 Å². The Labute approximate surface area is 182 Å². The van der Waals surface area contributed by atoms with E-state index in [2.05, 4.69) is 70.0 Å². The molecule has 1 aromatic heterocycles. The third-order valence-corrected chi connectivity index (χ3v) is 5.48. The molecule has 5 nitrogen and oxygen atoms in total. The molecule has 0 bridgehead atoms. The lowest BCUT2D eigenvalue weighted by atomic mass is 10.1. The largest absolute Gasteiger partial charge is 0.378 e. The zero-order valence-corrected chi connectivity index (χ0v) is 19.1. The summed E-state index contributed by atoms with van der Waals surface area (Å²) in [4.78, 5) is 8.54. The topological polar surface area (TPSA) is 36.3 Å². The van der Waals surface area contributed by atoms with Gasteiger partial charge in [0.2, 0.25) is 0 Å². The van der Waals surface area contributed by atoms with Gasteiger partial charge in [-0.05, 0) is 42.8 Å². The number of nitrogens with zero attached hydrogens (tertiary/aromatic N) is 4. The Morgan fingerprint density at radius 3 is 2.48 bits per heavy atom. The van der Waals surface area contributed by atoms with E-state index in [0.717, 1.165) is 37.7 Å². The molecule has 0 fully saturated rings. The van der Waals surface area contributed by atoms with E-state index >= 15 is 0 Å². The molecule has 29 heavy (non-hydrogen) atoms. The van der Waals surface area contributed by atoms with Gasteiger partial charge in [-0.25, -0.2) is 4.98 Å². The molecule has 0 aliphatic heterocycles. The maximum Gasteiger partial charge on any atom is 0.169 e. The number of aromatic nitrogens is 2. The van der Waals surface area contributed by atoms with Crippen LogP contribution in [-0.2, 0) is 13.1 Å². The van der Waals surface area contributed by atoms with Crippen molar-refractivity contribution in [2.75, 3.05) is 32.1 Å². The van der Waals surface area contributed by atoms with Crippen molar-refractivity contribution in [3.8, 4) is 0 Å². The van der Waals surface area contributed by atoms with Crippen LogP contribution in [0.5, 0.6) is 0 Å². The first-order chi connectivity index (χ1) is 14.1. The van der Waals surface area contributed by atoms with Gasteiger partial charge >= 0.3 is 0 Å². The van der Waals surface area contributed by atoms with Gasteiger partial charge in [0, 0.05) is 58.4 Å². The van der Waals surface area contributed by atoms with Crippen LogP contribution < -0.4 is 10.2 Å². The van der Waals surface area contributed by atoms with Gasteiger partial charge in [0.1, 0.15) is 0 Å². The third kappa shape index (κ3) is 8.86. The minimum atomic E-state index is 0.833. The molecule has 2 rings (SSSR count). The van der Waals surface area contributed by atoms with Crippen LogP contribution in [0.1, 0.15) is 51.0 Å². The third-order valence-electron chi connectivity index (χ3n) is 5.07. The van der Waals surface area contributed by atoms with E-state index in [0.29, 0.717) is 0 Å². The molecular formula is C23H37N5S. The first-order valence-corrected chi connectivity index (χ1v) is 11.3. The second kappa shape index (κ2) is 13.2. The van der Waals surface area contributed by atoms with Crippen LogP contribution in [0, 0.1) is 0 Å². The summed E-state index contributed by atoms with van der Waals surface area (Å²) in [5, 5.41) is 4.35. The Bertz CT molecular complexity index is 682. The summed E-state index contributed by atoms with van der Waals surface area (Å²) in [6.07, 6.45) is 13.1. The Morgan fingerprint density at radius 1 is 1.07 bits per heavy atom. The van der Waals surface area contributed by atoms with Crippen molar-refractivity contribution in [2.24, 2.45) is 0 Å². The van der Waals surface area contributed by atoms with Crippen molar-refractivity contribution < 1.29 is 0 Å². The van der Waals surface area contributed by atoms with Crippen LogP contribution in [0.3, 0.4) is 0 Å². The number of aryl methyl sites for hydroxylation is 1. The lowest BCUT2D eigenvalue weighted by molar-refractivity contribution is 0.384. The standard InChI is InChI=1S/C23H37N5S/c1-4-5-6-7-8-14-25-23(29)28(17-9-16-27-18-15-24-20-27)19-21-10-12-22(13-11-21)26(2)3/h10-13,15,18,20H,4-9,14,16-17,19H2,1-3H3,(H,25,29). The van der Waals surface area contributed by atoms with Crippen LogP contribution in [0.2, 0.25) is 0 Å². The Kier molecular flexibility index (Phi) is 10.6. The fourth-order valence-corrected chi connectivity index (χ4v) is 3.53. The van der Waals surface area contributed by atoms with Crippen LogP contribution >= 0.6 is 12.2 Å². The quantitative estimate of drug-likeness (QED) is 0.379. The number of rotatable bonds is 13. The minimum Gasteiger partial charge on any atom is -0.378 e. The normalized spacial score (nSPS) is 10.7. The Balaban J connectivity index is 1.87. The number of imidazole rings is 1. The lowest BCUT2D eigenvalue weighted by Gasteiger charge is -2.26. The second-order valence-electron chi connectivity index (χ2n) is 7.78. The van der Waals surface area contributed by atoms with E-state index < -0.39 is 0 Å². The summed E-state index contributed by atoms with van der Waals surface area (Å²) < 4.78 is 2.12. The molecule has 0 spiro atoms. The van der Waals surface area contributed by atoms with Crippen molar-refractivity contribution >= 4 is 23.0 Å². The number of thiocarbonyl (C=S) groups is 1. The lowest BCUT2D eigenvalue weighted by Crippen LogP contribution is -2.40. The van der Waals surface area contributed by atoms with Crippen molar-refractivity contribution in [3.63, 3.8) is 0 Å². The molecule has 6 heteroatoms. The molecule has 0 atom stereocenters. The van der Waals surface area contributed by atoms with Crippen LogP contribution in [0.25, 0.3) is 0 Å². The summed E-state index contributed by atoms with van der Waals surface area (Å²) in [5.41, 5.74) is 2.50. The molecule has 1 heterocycles. The maximum atomic E-state index is 5.74. The fourth-order valence-electron chi connectivity index (χ4n) is 3.27. The van der Waals surface area contributed by atoms with Gasteiger partial charge in [0.25, 0.3) is 0 Å². The Morgan fingerprint density at radius 2 is 1.83 bits per heavy atom. The molecule has 0 aliphatic rings. The monoisotopic (exact) mass is 415 g/mol. The van der Waals surface area contributed by atoms with Gasteiger partial charge in [-0.2, -0.15) is 0 Å². The summed E-state index contributed by atoms with van der Waals surface area (Å²) in [6, 6.07) is 8.74. The molecule has 0 unspecified atom stereocenters. The smallest absolute Gasteiger partial charge is 0.169 e. The molecule has 1 aromatic carbocycles. The van der Waals surface area contributed by atoms with E-state index in [-0.39, 0.29) is 0 Å². The molecule has 0 saturated carbocycles. The van der Waals surface area contributed by atoms with Crippen molar-refractivity contribution in [3.05, 3.63) is 48.5 Å². The van der Waals surface area contributed by atoms with E-state index in [9.17, 15) is 0 Å². The van der Waals surface area contributed by atoms with Crippen LogP contribution in [0.15, 0.2) is 43.0 Å². The van der Waals surface area contributed by atoms with E-state index in [1.165, 1.54) is 43.4 Å². The molecule has 0 aliphatic carbocycles. The van der Waals surface area contributed by atoms with Gasteiger partial charge in [-0.3, -0.25) is 0 Å². The molecule has 2 aromatic rings. The highest BCUT2D eigenvalue weighted by Gasteiger charge is 2.10. The minimum absolute atomic E-state index is 0.833. The SMILES string of the molecule is CCCCCCCNC(=S)N(CCCn1ccnc1)Cc1ccc(N(C)C)cc1. The average Bonchev–Trinajstić information content (AvgIpc) is 3.23. The van der Waals surface area contributed by atoms with Gasteiger partial charge in [-0.1, -0.05) is 44.7 Å². The molecular weight excluding hydrogens is 378 g/mol. The highest BCUT2D eigenvalue weighted by atomic mass is 32.1. The number of nitrogens with one attached hydrogen (secondary N) is 1. The van der Waals surface area contributed by atoms with E-state index in [4.69, 9.17) is 12.2 Å². The number of hydrogen-bond donors (Lipinski definition) is 1. The zero-order chi connectivity index (χ0) is 20.9. The molecule has 0 amide bonds. The predicted octanol–water partition coefficient (Wildman–Crippen LogP) is 4.69. The van der Waals surface area contributed by atoms with Gasteiger partial charge in [-0.15, -0.1) is 0 Å². The van der Waals surface area contributed by atoms with Crippen LogP contribution in [-0.4, -0.2) is 46.7 Å². The molecule has 1 N–H and O–H groups in total. The highest BCUT2D eigenvalue weighted by Crippen LogP contribution is 2.14. The second-order valence-corrected chi connectivity index (χ2v) is 8.17. The van der Waals surface area contributed by atoms with Crippen molar-refractivity contribution in [1.29, 1.82) is 0 Å². The summed E-state index contributed by atoms with van der Waals surface area (Å²) in [7, 11) is 4.13. The molecule has 0 radical (unpaired) electrons.